The van der Waals surface area contributed by atoms with Gasteiger partial charge in [-0.15, -0.1) is 0 Å². The first kappa shape index (κ1) is 17.9. The van der Waals surface area contributed by atoms with Crippen molar-refractivity contribution in [1.82, 2.24) is 4.90 Å². The van der Waals surface area contributed by atoms with Crippen LogP contribution in [0.25, 0.3) is 0 Å². The van der Waals surface area contributed by atoms with Gasteiger partial charge in [-0.25, -0.2) is 9.38 Å². The summed E-state index contributed by atoms with van der Waals surface area (Å²) >= 11 is 3.53. The molecule has 1 amide bonds. The molecule has 0 bridgehead atoms. The Morgan fingerprint density at radius 3 is 2.69 bits per heavy atom. The van der Waals surface area contributed by atoms with Crippen molar-refractivity contribution in [2.45, 2.75) is 57.0 Å². The lowest BCUT2D eigenvalue weighted by Crippen LogP contribution is -2.51. The second-order valence-electron chi connectivity index (χ2n) is 7.68. The Kier molecular flexibility index (Phi) is 4.15. The second kappa shape index (κ2) is 6.02. The SMILES string of the molecule is CC(F)OC1CCC2(CC1)Cc1ccc(Br)cc1C21N=C(N)N(C)C1=O. The molecule has 2 atom stereocenters. The van der Waals surface area contributed by atoms with Gasteiger partial charge in [-0.2, -0.15) is 0 Å². The van der Waals surface area contributed by atoms with Crippen LogP contribution in [-0.2, 0) is 21.5 Å². The fraction of sp³-hybridized carbons (Fsp3) is 0.579. The maximum atomic E-state index is 13.4. The first-order valence-corrected chi connectivity index (χ1v) is 9.80. The number of guanidine groups is 1. The van der Waals surface area contributed by atoms with Gasteiger partial charge in [-0.3, -0.25) is 9.69 Å². The van der Waals surface area contributed by atoms with E-state index in [0.717, 1.165) is 47.7 Å². The van der Waals surface area contributed by atoms with Crippen molar-refractivity contribution in [3.8, 4) is 0 Å². The molecule has 2 spiro atoms. The summed E-state index contributed by atoms with van der Waals surface area (Å²) in [6.07, 6.45) is 2.36. The summed E-state index contributed by atoms with van der Waals surface area (Å²) in [5, 5.41) is 0. The Balaban J connectivity index is 1.78. The molecule has 7 heteroatoms. The standard InChI is InChI=1S/C19H23BrFN3O2/c1-11(21)26-14-5-7-18(8-6-14)10-12-3-4-13(20)9-15(12)19(18)16(25)24(2)17(22)23-19/h3-4,9,11,14H,5-8,10H2,1-2H3,(H2,22,23). The van der Waals surface area contributed by atoms with Crippen LogP contribution in [0.5, 0.6) is 0 Å². The summed E-state index contributed by atoms with van der Waals surface area (Å²) < 4.78 is 19.5. The highest BCUT2D eigenvalue weighted by Gasteiger charge is 2.66. The largest absolute Gasteiger partial charge is 0.369 e. The number of likely N-dealkylation sites (N-methyl/N-ethyl adjacent to an activating group) is 1. The van der Waals surface area contributed by atoms with Crippen LogP contribution in [0.15, 0.2) is 27.7 Å². The number of nitrogens with zero attached hydrogens (tertiary/aromatic N) is 2. The van der Waals surface area contributed by atoms with Crippen molar-refractivity contribution in [3.05, 3.63) is 33.8 Å². The third-order valence-electron chi connectivity index (χ3n) is 6.27. The average Bonchev–Trinajstić information content (AvgIpc) is 2.98. The van der Waals surface area contributed by atoms with Gasteiger partial charge in [0.2, 0.25) is 0 Å². The lowest BCUT2D eigenvalue weighted by Gasteiger charge is -2.45. The number of alkyl halides is 1. The van der Waals surface area contributed by atoms with Crippen molar-refractivity contribution >= 4 is 27.8 Å². The molecule has 140 valence electrons. The zero-order valence-electron chi connectivity index (χ0n) is 15.0. The van der Waals surface area contributed by atoms with Gasteiger partial charge in [0.05, 0.1) is 6.10 Å². The number of fused-ring (bicyclic) bond motifs is 3. The van der Waals surface area contributed by atoms with E-state index in [4.69, 9.17) is 15.5 Å². The minimum Gasteiger partial charge on any atom is -0.369 e. The number of halogens is 2. The topological polar surface area (TPSA) is 67.9 Å². The Morgan fingerprint density at radius 2 is 2.12 bits per heavy atom. The van der Waals surface area contributed by atoms with E-state index >= 15 is 0 Å². The Hall–Kier alpha value is -1.47. The molecular formula is C19H23BrFN3O2. The van der Waals surface area contributed by atoms with Gasteiger partial charge in [0, 0.05) is 16.9 Å². The summed E-state index contributed by atoms with van der Waals surface area (Å²) in [5.74, 6) is 0.197. The van der Waals surface area contributed by atoms with E-state index in [-0.39, 0.29) is 23.4 Å². The summed E-state index contributed by atoms with van der Waals surface area (Å²) in [7, 11) is 1.68. The molecule has 1 heterocycles. The fourth-order valence-corrected chi connectivity index (χ4v) is 5.42. The highest BCUT2D eigenvalue weighted by molar-refractivity contribution is 9.10. The Bertz CT molecular complexity index is 789. The molecule has 2 aliphatic carbocycles. The van der Waals surface area contributed by atoms with Gasteiger partial charge in [-0.1, -0.05) is 22.0 Å². The lowest BCUT2D eigenvalue weighted by atomic mass is 9.61. The number of ether oxygens (including phenoxy) is 1. The van der Waals surface area contributed by atoms with Crippen LogP contribution in [0, 0.1) is 5.41 Å². The van der Waals surface area contributed by atoms with Crippen LogP contribution < -0.4 is 5.73 Å². The van der Waals surface area contributed by atoms with Gasteiger partial charge in [0.15, 0.2) is 17.9 Å². The van der Waals surface area contributed by atoms with E-state index in [9.17, 15) is 9.18 Å². The Labute approximate surface area is 160 Å². The number of hydrogen-bond acceptors (Lipinski definition) is 4. The van der Waals surface area contributed by atoms with E-state index in [2.05, 4.69) is 22.0 Å². The van der Waals surface area contributed by atoms with Crippen LogP contribution in [0.1, 0.15) is 43.7 Å². The molecule has 1 aliphatic heterocycles. The van der Waals surface area contributed by atoms with Crippen molar-refractivity contribution in [1.29, 1.82) is 0 Å². The van der Waals surface area contributed by atoms with Gasteiger partial charge in [0.1, 0.15) is 0 Å². The Morgan fingerprint density at radius 1 is 1.42 bits per heavy atom. The van der Waals surface area contributed by atoms with Gasteiger partial charge < -0.3 is 10.5 Å². The van der Waals surface area contributed by atoms with Gasteiger partial charge in [0.25, 0.3) is 5.91 Å². The normalized spacial score (nSPS) is 34.5. The number of benzene rings is 1. The molecule has 1 aromatic rings. The lowest BCUT2D eigenvalue weighted by molar-refractivity contribution is -0.140. The van der Waals surface area contributed by atoms with Crippen molar-refractivity contribution in [2.75, 3.05) is 7.05 Å². The number of amides is 1. The molecule has 2 N–H and O–H groups in total. The van der Waals surface area contributed by atoms with E-state index in [1.807, 2.05) is 12.1 Å². The fourth-order valence-electron chi connectivity index (χ4n) is 5.06. The molecular weight excluding hydrogens is 401 g/mol. The van der Waals surface area contributed by atoms with Crippen LogP contribution in [-0.4, -0.2) is 36.3 Å². The molecule has 4 rings (SSSR count). The number of carbonyl (C=O) groups is 1. The third kappa shape index (κ3) is 2.36. The number of rotatable bonds is 2. The average molecular weight is 424 g/mol. The zero-order chi connectivity index (χ0) is 18.7. The van der Waals surface area contributed by atoms with E-state index < -0.39 is 11.9 Å². The number of hydrogen-bond donors (Lipinski definition) is 1. The molecule has 5 nitrogen and oxygen atoms in total. The first-order chi connectivity index (χ1) is 12.3. The summed E-state index contributed by atoms with van der Waals surface area (Å²) in [5.41, 5.74) is 6.86. The number of carbonyl (C=O) groups excluding carboxylic acids is 1. The second-order valence-corrected chi connectivity index (χ2v) is 8.60. The highest BCUT2D eigenvalue weighted by Crippen LogP contribution is 2.62. The summed E-state index contributed by atoms with van der Waals surface area (Å²) in [6.45, 7) is 1.41. The van der Waals surface area contributed by atoms with Crippen LogP contribution in [0.3, 0.4) is 0 Å². The van der Waals surface area contributed by atoms with Crippen LogP contribution >= 0.6 is 15.9 Å². The molecule has 3 aliphatic rings. The zero-order valence-corrected chi connectivity index (χ0v) is 16.6. The number of nitrogens with two attached hydrogens (primary N) is 1. The highest BCUT2D eigenvalue weighted by atomic mass is 79.9. The summed E-state index contributed by atoms with van der Waals surface area (Å²) in [6, 6.07) is 6.07. The van der Waals surface area contributed by atoms with Gasteiger partial charge >= 0.3 is 0 Å². The minimum atomic E-state index is -1.27. The molecule has 0 aromatic heterocycles. The molecule has 0 saturated heterocycles. The van der Waals surface area contributed by atoms with E-state index in [0.29, 0.717) is 0 Å². The molecule has 1 fully saturated rings. The third-order valence-corrected chi connectivity index (χ3v) is 6.76. The smallest absolute Gasteiger partial charge is 0.262 e. The summed E-state index contributed by atoms with van der Waals surface area (Å²) in [4.78, 5) is 19.6. The first-order valence-electron chi connectivity index (χ1n) is 9.01. The monoisotopic (exact) mass is 423 g/mol. The maximum absolute atomic E-state index is 13.4. The molecule has 2 unspecified atom stereocenters. The maximum Gasteiger partial charge on any atom is 0.262 e. The molecule has 26 heavy (non-hydrogen) atoms. The number of aliphatic imine (C=N–C) groups is 1. The molecule has 1 saturated carbocycles. The molecule has 1 aromatic carbocycles. The van der Waals surface area contributed by atoms with Crippen molar-refractivity contribution in [3.63, 3.8) is 0 Å². The van der Waals surface area contributed by atoms with Crippen LogP contribution in [0.4, 0.5) is 4.39 Å². The van der Waals surface area contributed by atoms with Gasteiger partial charge in [-0.05, 0) is 62.3 Å². The predicted molar refractivity (Wildman–Crippen MR) is 100 cm³/mol. The predicted octanol–water partition coefficient (Wildman–Crippen LogP) is 3.25. The van der Waals surface area contributed by atoms with Crippen LogP contribution in [0.2, 0.25) is 0 Å². The van der Waals surface area contributed by atoms with E-state index in [1.165, 1.54) is 11.8 Å². The minimum absolute atomic E-state index is 0.0647. The van der Waals surface area contributed by atoms with Crippen molar-refractivity contribution in [2.24, 2.45) is 16.1 Å². The van der Waals surface area contributed by atoms with Crippen molar-refractivity contribution < 1.29 is 13.9 Å². The molecule has 0 radical (unpaired) electrons. The quantitative estimate of drug-likeness (QED) is 0.793. The van der Waals surface area contributed by atoms with E-state index in [1.54, 1.807) is 7.05 Å².